The fraction of sp³-hybridized carbons (Fsp3) is 0.562. The van der Waals surface area contributed by atoms with Crippen molar-refractivity contribution in [1.29, 1.82) is 0 Å². The van der Waals surface area contributed by atoms with Crippen LogP contribution in [0.25, 0.3) is 0 Å². The molecule has 0 heterocycles. The van der Waals surface area contributed by atoms with E-state index < -0.39 is 0 Å². The molecule has 0 fully saturated rings. The van der Waals surface area contributed by atoms with Crippen LogP contribution in [0.4, 0.5) is 0 Å². The molecular formula is C16H26N2O3. The Bertz CT molecular complexity index is 463. The van der Waals surface area contributed by atoms with E-state index in [2.05, 4.69) is 6.92 Å². The van der Waals surface area contributed by atoms with Crippen molar-refractivity contribution in [2.45, 2.75) is 32.7 Å². The molecule has 1 amide bonds. The number of nitrogens with zero attached hydrogens (tertiary/aromatic N) is 1. The Morgan fingerprint density at radius 3 is 2.62 bits per heavy atom. The van der Waals surface area contributed by atoms with E-state index in [9.17, 15) is 4.79 Å². The summed E-state index contributed by atoms with van der Waals surface area (Å²) in [6.45, 7) is 4.65. The van der Waals surface area contributed by atoms with Crippen LogP contribution in [0.1, 0.15) is 25.8 Å². The number of likely N-dealkylation sites (N-methyl/N-ethyl adjacent to an activating group) is 1. The molecule has 0 spiro atoms. The van der Waals surface area contributed by atoms with Gasteiger partial charge in [0.25, 0.3) is 5.91 Å². The Labute approximate surface area is 127 Å². The van der Waals surface area contributed by atoms with Crippen LogP contribution in [0.3, 0.4) is 0 Å². The van der Waals surface area contributed by atoms with Gasteiger partial charge in [-0.2, -0.15) is 0 Å². The van der Waals surface area contributed by atoms with Crippen molar-refractivity contribution in [2.75, 3.05) is 27.3 Å². The minimum Gasteiger partial charge on any atom is -0.493 e. The second kappa shape index (κ2) is 8.52. The fourth-order valence-electron chi connectivity index (χ4n) is 1.83. The van der Waals surface area contributed by atoms with E-state index >= 15 is 0 Å². The monoisotopic (exact) mass is 294 g/mol. The Hall–Kier alpha value is -1.75. The van der Waals surface area contributed by atoms with E-state index in [0.717, 1.165) is 18.4 Å². The molecule has 1 rings (SSSR count). The van der Waals surface area contributed by atoms with Crippen molar-refractivity contribution in [3.8, 4) is 11.5 Å². The number of hydrogen-bond donors (Lipinski definition) is 1. The quantitative estimate of drug-likeness (QED) is 0.794. The lowest BCUT2D eigenvalue weighted by atomic mass is 10.0. The molecule has 2 N–H and O–H groups in total. The standard InChI is InChI=1S/C16H26N2O3/c1-5-13(17)9-12-7-8-14(15(10-12)20-4)21-11-16(19)18(3)6-2/h7-8,10,13H,5-6,9,11,17H2,1-4H3. The maximum atomic E-state index is 11.7. The molecule has 0 aliphatic heterocycles. The lowest BCUT2D eigenvalue weighted by molar-refractivity contribution is -0.131. The highest BCUT2D eigenvalue weighted by atomic mass is 16.5. The van der Waals surface area contributed by atoms with Crippen molar-refractivity contribution in [3.63, 3.8) is 0 Å². The van der Waals surface area contributed by atoms with E-state index in [0.29, 0.717) is 18.0 Å². The Kier molecular flexibility index (Phi) is 7.02. The Morgan fingerprint density at radius 2 is 2.05 bits per heavy atom. The third-order valence-corrected chi connectivity index (χ3v) is 3.50. The summed E-state index contributed by atoms with van der Waals surface area (Å²) >= 11 is 0. The molecule has 1 atom stereocenters. The number of amides is 1. The first-order valence-corrected chi connectivity index (χ1v) is 7.31. The zero-order valence-electron chi connectivity index (χ0n) is 13.4. The van der Waals surface area contributed by atoms with Gasteiger partial charge in [-0.05, 0) is 37.5 Å². The topological polar surface area (TPSA) is 64.8 Å². The fourth-order valence-corrected chi connectivity index (χ4v) is 1.83. The molecular weight excluding hydrogens is 268 g/mol. The Balaban J connectivity index is 2.72. The van der Waals surface area contributed by atoms with Gasteiger partial charge in [0, 0.05) is 19.6 Å². The molecule has 21 heavy (non-hydrogen) atoms. The number of ether oxygens (including phenoxy) is 2. The summed E-state index contributed by atoms with van der Waals surface area (Å²) in [7, 11) is 3.34. The van der Waals surface area contributed by atoms with E-state index in [-0.39, 0.29) is 18.6 Å². The summed E-state index contributed by atoms with van der Waals surface area (Å²) in [5, 5.41) is 0. The van der Waals surface area contributed by atoms with Gasteiger partial charge in [-0.3, -0.25) is 4.79 Å². The first-order valence-electron chi connectivity index (χ1n) is 7.31. The number of methoxy groups -OCH3 is 1. The molecule has 0 bridgehead atoms. The predicted octanol–water partition coefficient (Wildman–Crippen LogP) is 1.83. The summed E-state index contributed by atoms with van der Waals surface area (Å²) < 4.78 is 10.9. The highest BCUT2D eigenvalue weighted by Crippen LogP contribution is 2.28. The van der Waals surface area contributed by atoms with E-state index in [4.69, 9.17) is 15.2 Å². The second-order valence-electron chi connectivity index (χ2n) is 5.05. The predicted molar refractivity (Wildman–Crippen MR) is 83.8 cm³/mol. The van der Waals surface area contributed by atoms with Crippen LogP contribution < -0.4 is 15.2 Å². The molecule has 0 radical (unpaired) electrons. The second-order valence-corrected chi connectivity index (χ2v) is 5.05. The highest BCUT2D eigenvalue weighted by molar-refractivity contribution is 5.77. The lowest BCUT2D eigenvalue weighted by Crippen LogP contribution is -2.31. The van der Waals surface area contributed by atoms with Gasteiger partial charge < -0.3 is 20.1 Å². The van der Waals surface area contributed by atoms with Crippen molar-refractivity contribution >= 4 is 5.91 Å². The van der Waals surface area contributed by atoms with Crippen LogP contribution in [0, 0.1) is 0 Å². The summed E-state index contributed by atoms with van der Waals surface area (Å²) in [5.74, 6) is 1.14. The molecule has 1 unspecified atom stereocenters. The molecule has 0 saturated carbocycles. The molecule has 5 heteroatoms. The zero-order valence-corrected chi connectivity index (χ0v) is 13.4. The molecule has 1 aromatic carbocycles. The van der Waals surface area contributed by atoms with E-state index in [1.54, 1.807) is 19.1 Å². The molecule has 5 nitrogen and oxygen atoms in total. The number of rotatable bonds is 8. The highest BCUT2D eigenvalue weighted by Gasteiger charge is 2.11. The summed E-state index contributed by atoms with van der Waals surface area (Å²) in [5.41, 5.74) is 7.06. The molecule has 0 aliphatic rings. The number of benzene rings is 1. The maximum absolute atomic E-state index is 11.7. The van der Waals surface area contributed by atoms with E-state index in [1.165, 1.54) is 0 Å². The molecule has 1 aromatic rings. The number of carbonyl (C=O) groups excluding carboxylic acids is 1. The number of carbonyl (C=O) groups is 1. The maximum Gasteiger partial charge on any atom is 0.260 e. The normalized spacial score (nSPS) is 11.9. The van der Waals surface area contributed by atoms with Gasteiger partial charge in [0.15, 0.2) is 18.1 Å². The third-order valence-electron chi connectivity index (χ3n) is 3.50. The van der Waals surface area contributed by atoms with Crippen LogP contribution in [0.15, 0.2) is 18.2 Å². The van der Waals surface area contributed by atoms with E-state index in [1.807, 2.05) is 25.1 Å². The Morgan fingerprint density at radius 1 is 1.33 bits per heavy atom. The van der Waals surface area contributed by atoms with Gasteiger partial charge in [0.1, 0.15) is 0 Å². The van der Waals surface area contributed by atoms with Crippen molar-refractivity contribution in [1.82, 2.24) is 4.90 Å². The number of nitrogens with two attached hydrogens (primary N) is 1. The summed E-state index contributed by atoms with van der Waals surface area (Å²) in [6.07, 6.45) is 1.73. The average molecular weight is 294 g/mol. The van der Waals surface area contributed by atoms with Gasteiger partial charge in [0.05, 0.1) is 7.11 Å². The third kappa shape index (κ3) is 5.27. The molecule has 0 aliphatic carbocycles. The van der Waals surface area contributed by atoms with Gasteiger partial charge in [0.2, 0.25) is 0 Å². The van der Waals surface area contributed by atoms with Crippen molar-refractivity contribution in [3.05, 3.63) is 23.8 Å². The lowest BCUT2D eigenvalue weighted by Gasteiger charge is -2.17. The van der Waals surface area contributed by atoms with Gasteiger partial charge in [-0.1, -0.05) is 13.0 Å². The van der Waals surface area contributed by atoms with Crippen LogP contribution in [-0.4, -0.2) is 44.2 Å². The van der Waals surface area contributed by atoms with Gasteiger partial charge in [-0.15, -0.1) is 0 Å². The molecule has 118 valence electrons. The van der Waals surface area contributed by atoms with Crippen LogP contribution >= 0.6 is 0 Å². The van der Waals surface area contributed by atoms with Crippen LogP contribution in [0.2, 0.25) is 0 Å². The molecule has 0 saturated heterocycles. The summed E-state index contributed by atoms with van der Waals surface area (Å²) in [6, 6.07) is 5.84. The van der Waals surface area contributed by atoms with Crippen molar-refractivity contribution in [2.24, 2.45) is 5.73 Å². The smallest absolute Gasteiger partial charge is 0.260 e. The van der Waals surface area contributed by atoms with Crippen LogP contribution in [0.5, 0.6) is 11.5 Å². The minimum absolute atomic E-state index is 0.00845. The van der Waals surface area contributed by atoms with Crippen molar-refractivity contribution < 1.29 is 14.3 Å². The minimum atomic E-state index is -0.0587. The van der Waals surface area contributed by atoms with Gasteiger partial charge in [-0.25, -0.2) is 0 Å². The SMILES string of the molecule is CCC(N)Cc1ccc(OCC(=O)N(C)CC)c(OC)c1. The van der Waals surface area contributed by atoms with Crippen LogP contribution in [-0.2, 0) is 11.2 Å². The largest absolute Gasteiger partial charge is 0.493 e. The first kappa shape index (κ1) is 17.3. The van der Waals surface area contributed by atoms with Gasteiger partial charge >= 0.3 is 0 Å². The first-order chi connectivity index (χ1) is 10.0. The number of hydrogen-bond acceptors (Lipinski definition) is 4. The molecule has 0 aromatic heterocycles. The zero-order chi connectivity index (χ0) is 15.8. The average Bonchev–Trinajstić information content (AvgIpc) is 2.51. The summed E-state index contributed by atoms with van der Waals surface area (Å²) in [4.78, 5) is 13.4.